The summed E-state index contributed by atoms with van der Waals surface area (Å²) < 4.78 is 5.54. The second kappa shape index (κ2) is 13.3. The predicted molar refractivity (Wildman–Crippen MR) is 80.2 cm³/mol. The third-order valence-corrected chi connectivity index (χ3v) is 2.99. The molecular formula is C15H34N2O. The molecule has 3 heteroatoms. The van der Waals surface area contributed by atoms with Gasteiger partial charge in [0.25, 0.3) is 0 Å². The average Bonchev–Trinajstić information content (AvgIpc) is 2.32. The summed E-state index contributed by atoms with van der Waals surface area (Å²) in [6, 6.07) is 0. The molecule has 0 aliphatic heterocycles. The quantitative estimate of drug-likeness (QED) is 0.514. The molecule has 1 N–H and O–H groups in total. The topological polar surface area (TPSA) is 24.5 Å². The maximum Gasteiger partial charge on any atom is 0.0596 e. The van der Waals surface area contributed by atoms with Gasteiger partial charge >= 0.3 is 0 Å². The van der Waals surface area contributed by atoms with Crippen molar-refractivity contribution in [1.29, 1.82) is 0 Å². The van der Waals surface area contributed by atoms with Crippen molar-refractivity contribution < 1.29 is 4.74 Å². The van der Waals surface area contributed by atoms with Crippen LogP contribution in [0.2, 0.25) is 0 Å². The molecule has 0 aromatic rings. The second-order valence-electron chi connectivity index (χ2n) is 5.39. The monoisotopic (exact) mass is 258 g/mol. The summed E-state index contributed by atoms with van der Waals surface area (Å²) in [6.07, 6.45) is 6.93. The third kappa shape index (κ3) is 13.9. The van der Waals surface area contributed by atoms with E-state index in [0.29, 0.717) is 6.10 Å². The highest BCUT2D eigenvalue weighted by atomic mass is 16.5. The lowest BCUT2D eigenvalue weighted by Crippen LogP contribution is -2.25. The van der Waals surface area contributed by atoms with Crippen LogP contribution in [0, 0.1) is 0 Å². The molecule has 0 aliphatic carbocycles. The molecule has 0 rings (SSSR count). The van der Waals surface area contributed by atoms with Gasteiger partial charge in [0.2, 0.25) is 0 Å². The maximum atomic E-state index is 5.54. The Balaban J connectivity index is 3.12. The molecule has 3 nitrogen and oxygen atoms in total. The van der Waals surface area contributed by atoms with E-state index >= 15 is 0 Å². The van der Waals surface area contributed by atoms with Crippen molar-refractivity contribution in [3.8, 4) is 0 Å². The van der Waals surface area contributed by atoms with Crippen molar-refractivity contribution in [3.05, 3.63) is 0 Å². The van der Waals surface area contributed by atoms with E-state index in [2.05, 4.69) is 38.0 Å². The number of hydrogen-bond acceptors (Lipinski definition) is 3. The van der Waals surface area contributed by atoms with Gasteiger partial charge in [-0.2, -0.15) is 0 Å². The summed E-state index contributed by atoms with van der Waals surface area (Å²) >= 11 is 0. The molecule has 0 unspecified atom stereocenters. The number of nitrogens with zero attached hydrogens (tertiary/aromatic N) is 1. The van der Waals surface area contributed by atoms with E-state index in [4.69, 9.17) is 4.74 Å². The molecule has 0 spiro atoms. The fourth-order valence-corrected chi connectivity index (χ4v) is 1.84. The Labute approximate surface area is 114 Å². The van der Waals surface area contributed by atoms with E-state index < -0.39 is 0 Å². The first kappa shape index (κ1) is 17.9. The van der Waals surface area contributed by atoms with Crippen LogP contribution in [0.3, 0.4) is 0 Å². The van der Waals surface area contributed by atoms with Gasteiger partial charge in [-0.1, -0.05) is 19.8 Å². The van der Waals surface area contributed by atoms with Crippen LogP contribution in [0.5, 0.6) is 0 Å². The van der Waals surface area contributed by atoms with E-state index in [1.807, 2.05) is 0 Å². The van der Waals surface area contributed by atoms with Crippen molar-refractivity contribution in [3.63, 3.8) is 0 Å². The van der Waals surface area contributed by atoms with E-state index in [1.54, 1.807) is 0 Å². The van der Waals surface area contributed by atoms with Gasteiger partial charge in [-0.3, -0.25) is 0 Å². The van der Waals surface area contributed by atoms with Gasteiger partial charge in [-0.15, -0.1) is 0 Å². The number of likely N-dealkylation sites (N-methyl/N-ethyl adjacent to an activating group) is 1. The molecule has 0 radical (unpaired) electrons. The third-order valence-electron chi connectivity index (χ3n) is 2.99. The highest BCUT2D eigenvalue weighted by Crippen LogP contribution is 2.00. The molecule has 0 bridgehead atoms. The first-order valence-electron chi connectivity index (χ1n) is 7.67. The predicted octanol–water partition coefficient (Wildman–Crippen LogP) is 2.90. The molecular weight excluding hydrogens is 224 g/mol. The Morgan fingerprint density at radius 3 is 2.39 bits per heavy atom. The van der Waals surface area contributed by atoms with Gasteiger partial charge in [0, 0.05) is 6.54 Å². The number of nitrogens with one attached hydrogen (secondary N) is 1. The summed E-state index contributed by atoms with van der Waals surface area (Å²) in [5.74, 6) is 0. The van der Waals surface area contributed by atoms with Crippen molar-refractivity contribution in [2.45, 2.75) is 59.0 Å². The standard InChI is InChI=1S/C15H34N2O/c1-5-10-16-11-8-6-7-9-12-17(4)13-14-18-15(2)3/h15-16H,5-14H2,1-4H3. The molecule has 18 heavy (non-hydrogen) atoms. The fraction of sp³-hybridized carbons (Fsp3) is 1.00. The van der Waals surface area contributed by atoms with Crippen LogP contribution in [0.25, 0.3) is 0 Å². The van der Waals surface area contributed by atoms with Crippen molar-refractivity contribution in [2.75, 3.05) is 39.8 Å². The van der Waals surface area contributed by atoms with Gasteiger partial charge in [0.05, 0.1) is 12.7 Å². The SMILES string of the molecule is CCCNCCCCCCN(C)CCOC(C)C. The first-order chi connectivity index (χ1) is 8.66. The number of hydrogen-bond donors (Lipinski definition) is 1. The Kier molecular flexibility index (Phi) is 13.2. The zero-order valence-corrected chi connectivity index (χ0v) is 13.0. The van der Waals surface area contributed by atoms with E-state index in [0.717, 1.165) is 13.2 Å². The summed E-state index contributed by atoms with van der Waals surface area (Å²) in [7, 11) is 2.19. The van der Waals surface area contributed by atoms with E-state index in [-0.39, 0.29) is 0 Å². The molecule has 0 saturated carbocycles. The highest BCUT2D eigenvalue weighted by Gasteiger charge is 1.99. The number of rotatable bonds is 13. The van der Waals surface area contributed by atoms with Gasteiger partial charge in [-0.25, -0.2) is 0 Å². The lowest BCUT2D eigenvalue weighted by Gasteiger charge is -2.17. The Morgan fingerprint density at radius 2 is 1.72 bits per heavy atom. The Hall–Kier alpha value is -0.120. The van der Waals surface area contributed by atoms with Crippen LogP contribution in [0.4, 0.5) is 0 Å². The number of unbranched alkanes of at least 4 members (excludes halogenated alkanes) is 3. The van der Waals surface area contributed by atoms with Crippen molar-refractivity contribution >= 4 is 0 Å². The van der Waals surface area contributed by atoms with Gasteiger partial charge in [-0.05, 0) is 59.8 Å². The van der Waals surface area contributed by atoms with Crippen LogP contribution in [0.1, 0.15) is 52.9 Å². The summed E-state index contributed by atoms with van der Waals surface area (Å²) in [5.41, 5.74) is 0. The smallest absolute Gasteiger partial charge is 0.0596 e. The minimum atomic E-state index is 0.356. The van der Waals surface area contributed by atoms with Gasteiger partial charge in [0.1, 0.15) is 0 Å². The molecule has 0 amide bonds. The fourth-order valence-electron chi connectivity index (χ4n) is 1.84. The molecule has 0 fully saturated rings. The average molecular weight is 258 g/mol. The summed E-state index contributed by atoms with van der Waals surface area (Å²) in [4.78, 5) is 2.37. The first-order valence-corrected chi connectivity index (χ1v) is 7.67. The normalized spacial score (nSPS) is 11.7. The van der Waals surface area contributed by atoms with Crippen molar-refractivity contribution in [1.82, 2.24) is 10.2 Å². The molecule has 0 aliphatic rings. The molecule has 0 aromatic carbocycles. The van der Waals surface area contributed by atoms with E-state index in [9.17, 15) is 0 Å². The van der Waals surface area contributed by atoms with Gasteiger partial charge in [0.15, 0.2) is 0 Å². The minimum Gasteiger partial charge on any atom is -0.377 e. The zero-order chi connectivity index (χ0) is 13.6. The van der Waals surface area contributed by atoms with Crippen LogP contribution < -0.4 is 5.32 Å². The van der Waals surface area contributed by atoms with Crippen LogP contribution >= 0.6 is 0 Å². The Morgan fingerprint density at radius 1 is 1.00 bits per heavy atom. The summed E-state index contributed by atoms with van der Waals surface area (Å²) in [5, 5.41) is 3.45. The zero-order valence-electron chi connectivity index (χ0n) is 13.0. The molecule has 0 aromatic heterocycles. The van der Waals surface area contributed by atoms with Crippen LogP contribution in [0.15, 0.2) is 0 Å². The molecule has 0 atom stereocenters. The molecule has 110 valence electrons. The Bertz CT molecular complexity index is 163. The molecule has 0 heterocycles. The lowest BCUT2D eigenvalue weighted by atomic mass is 10.2. The van der Waals surface area contributed by atoms with Crippen LogP contribution in [-0.2, 0) is 4.74 Å². The van der Waals surface area contributed by atoms with Crippen LogP contribution in [-0.4, -0.2) is 50.8 Å². The van der Waals surface area contributed by atoms with E-state index in [1.165, 1.54) is 51.7 Å². The highest BCUT2D eigenvalue weighted by molar-refractivity contribution is 4.54. The number of ether oxygens (including phenoxy) is 1. The van der Waals surface area contributed by atoms with Gasteiger partial charge < -0.3 is 15.0 Å². The lowest BCUT2D eigenvalue weighted by molar-refractivity contribution is 0.0636. The maximum absolute atomic E-state index is 5.54. The van der Waals surface area contributed by atoms with Crippen molar-refractivity contribution in [2.24, 2.45) is 0 Å². The summed E-state index contributed by atoms with van der Waals surface area (Å²) in [6.45, 7) is 11.9. The minimum absolute atomic E-state index is 0.356. The molecule has 0 saturated heterocycles. The largest absolute Gasteiger partial charge is 0.377 e. The second-order valence-corrected chi connectivity index (χ2v) is 5.39.